The first-order valence-corrected chi connectivity index (χ1v) is 7.30. The molecule has 0 amide bonds. The molecule has 0 atom stereocenters. The van der Waals surface area contributed by atoms with Gasteiger partial charge < -0.3 is 14.2 Å². The van der Waals surface area contributed by atoms with Crippen LogP contribution in [0.2, 0.25) is 0 Å². The van der Waals surface area contributed by atoms with Crippen LogP contribution in [0.25, 0.3) is 10.9 Å². The van der Waals surface area contributed by atoms with Crippen LogP contribution in [0.1, 0.15) is 19.0 Å². The summed E-state index contributed by atoms with van der Waals surface area (Å²) in [7, 11) is 3.07. The quantitative estimate of drug-likeness (QED) is 0.753. The van der Waals surface area contributed by atoms with Crippen LogP contribution in [-0.4, -0.2) is 36.3 Å². The molecule has 0 aliphatic carbocycles. The Kier molecular flexibility index (Phi) is 5.20. The molecule has 1 aromatic carbocycles. The van der Waals surface area contributed by atoms with Crippen LogP contribution in [0.15, 0.2) is 16.9 Å². The minimum Gasteiger partial charge on any atom is -0.493 e. The molecule has 1 heterocycles. The smallest absolute Gasteiger partial charge is 0.348 e. The van der Waals surface area contributed by atoms with Crippen molar-refractivity contribution in [2.45, 2.75) is 26.8 Å². The van der Waals surface area contributed by atoms with Gasteiger partial charge in [-0.1, -0.05) is 0 Å². The number of fused-ring (bicyclic) bond motifs is 1. The summed E-state index contributed by atoms with van der Waals surface area (Å²) in [5.74, 6) is 0.712. The number of hydrogen-bond donors (Lipinski definition) is 0. The van der Waals surface area contributed by atoms with Crippen LogP contribution in [-0.2, 0) is 16.1 Å². The van der Waals surface area contributed by atoms with E-state index in [4.69, 9.17) is 14.2 Å². The molecule has 23 heavy (non-hydrogen) atoms. The summed E-state index contributed by atoms with van der Waals surface area (Å²) in [4.78, 5) is 27.8. The first-order valence-electron chi connectivity index (χ1n) is 7.30. The number of nitrogens with zero attached hydrogens (tertiary/aromatic N) is 2. The third-order valence-corrected chi connectivity index (χ3v) is 3.52. The van der Waals surface area contributed by atoms with Gasteiger partial charge in [-0.05, 0) is 19.9 Å². The zero-order valence-corrected chi connectivity index (χ0v) is 13.7. The molecule has 0 N–H and O–H groups in total. The normalized spacial score (nSPS) is 10.6. The molecule has 7 nitrogen and oxygen atoms in total. The number of benzene rings is 1. The van der Waals surface area contributed by atoms with Gasteiger partial charge in [0.05, 0.1) is 38.5 Å². The van der Waals surface area contributed by atoms with Crippen LogP contribution >= 0.6 is 0 Å². The monoisotopic (exact) mass is 320 g/mol. The van der Waals surface area contributed by atoms with Gasteiger partial charge in [0.1, 0.15) is 0 Å². The van der Waals surface area contributed by atoms with E-state index in [-0.39, 0.29) is 18.9 Å². The lowest BCUT2D eigenvalue weighted by Crippen LogP contribution is -2.25. The third kappa shape index (κ3) is 3.44. The van der Waals surface area contributed by atoms with Crippen molar-refractivity contribution in [3.63, 3.8) is 0 Å². The highest BCUT2D eigenvalue weighted by atomic mass is 16.5. The topological polar surface area (TPSA) is 79.7 Å². The van der Waals surface area contributed by atoms with E-state index < -0.39 is 5.69 Å². The second-order valence-corrected chi connectivity index (χ2v) is 4.91. The number of esters is 1. The van der Waals surface area contributed by atoms with E-state index in [1.54, 1.807) is 33.1 Å². The van der Waals surface area contributed by atoms with E-state index in [1.807, 2.05) is 0 Å². The first-order chi connectivity index (χ1) is 11.0. The number of methoxy groups -OCH3 is 2. The summed E-state index contributed by atoms with van der Waals surface area (Å²) in [5.41, 5.74) is 0.828. The Bertz CT molecular complexity index is 782. The summed E-state index contributed by atoms with van der Waals surface area (Å²) in [6, 6.07) is 3.49. The number of hydrogen-bond acceptors (Lipinski definition) is 6. The van der Waals surface area contributed by atoms with Gasteiger partial charge >= 0.3 is 11.7 Å². The Hall–Kier alpha value is -2.57. The van der Waals surface area contributed by atoms with Crippen molar-refractivity contribution < 1.29 is 19.0 Å². The fourth-order valence-corrected chi connectivity index (χ4v) is 2.40. The minimum atomic E-state index is -0.411. The van der Waals surface area contributed by atoms with Crippen molar-refractivity contribution >= 4 is 16.9 Å². The Balaban J connectivity index is 2.55. The van der Waals surface area contributed by atoms with Crippen molar-refractivity contribution in [2.75, 3.05) is 20.8 Å². The second kappa shape index (κ2) is 7.13. The number of ether oxygens (including phenoxy) is 3. The minimum absolute atomic E-state index is 0.0991. The average molecular weight is 320 g/mol. The highest BCUT2D eigenvalue weighted by Crippen LogP contribution is 2.32. The molecule has 124 valence electrons. The van der Waals surface area contributed by atoms with Crippen molar-refractivity contribution in [3.8, 4) is 11.5 Å². The van der Waals surface area contributed by atoms with Gasteiger partial charge in [0.2, 0.25) is 0 Å². The maximum absolute atomic E-state index is 12.2. The molecule has 2 rings (SSSR count). The van der Waals surface area contributed by atoms with Gasteiger partial charge in [-0.15, -0.1) is 0 Å². The second-order valence-electron chi connectivity index (χ2n) is 4.91. The van der Waals surface area contributed by atoms with Crippen molar-refractivity contribution in [3.05, 3.63) is 28.3 Å². The van der Waals surface area contributed by atoms with Crippen LogP contribution in [0.5, 0.6) is 11.5 Å². The lowest BCUT2D eigenvalue weighted by Gasteiger charge is -2.14. The Morgan fingerprint density at radius 3 is 2.48 bits per heavy atom. The van der Waals surface area contributed by atoms with Gasteiger partial charge in [0, 0.05) is 18.0 Å². The molecular weight excluding hydrogens is 300 g/mol. The fourth-order valence-electron chi connectivity index (χ4n) is 2.40. The van der Waals surface area contributed by atoms with Crippen LogP contribution < -0.4 is 15.2 Å². The highest BCUT2D eigenvalue weighted by molar-refractivity contribution is 5.85. The molecule has 0 unspecified atom stereocenters. The molecule has 0 spiro atoms. The van der Waals surface area contributed by atoms with Crippen molar-refractivity contribution in [1.82, 2.24) is 9.55 Å². The summed E-state index contributed by atoms with van der Waals surface area (Å²) in [6.45, 7) is 4.00. The van der Waals surface area contributed by atoms with E-state index in [0.717, 1.165) is 5.39 Å². The molecule has 0 fully saturated rings. The van der Waals surface area contributed by atoms with E-state index in [1.165, 1.54) is 11.7 Å². The zero-order valence-electron chi connectivity index (χ0n) is 13.7. The van der Waals surface area contributed by atoms with Crippen molar-refractivity contribution in [1.29, 1.82) is 0 Å². The molecule has 7 heteroatoms. The number of aromatic nitrogens is 2. The molecule has 1 aromatic heterocycles. The molecule has 0 saturated heterocycles. The molecule has 0 aliphatic heterocycles. The van der Waals surface area contributed by atoms with Gasteiger partial charge in [0.15, 0.2) is 11.5 Å². The predicted molar refractivity (Wildman–Crippen MR) is 85.1 cm³/mol. The number of carbonyl (C=O) groups is 1. The van der Waals surface area contributed by atoms with Crippen molar-refractivity contribution in [2.24, 2.45) is 0 Å². The van der Waals surface area contributed by atoms with E-state index >= 15 is 0 Å². The zero-order chi connectivity index (χ0) is 17.0. The fraction of sp³-hybridized carbons (Fsp3) is 0.438. The van der Waals surface area contributed by atoms with Crippen LogP contribution in [0.4, 0.5) is 0 Å². The molecule has 0 saturated carbocycles. The van der Waals surface area contributed by atoms with Crippen LogP contribution in [0, 0.1) is 6.92 Å². The molecule has 0 radical (unpaired) electrons. The Morgan fingerprint density at radius 2 is 1.87 bits per heavy atom. The van der Waals surface area contributed by atoms with E-state index in [9.17, 15) is 9.59 Å². The number of aryl methyl sites for hydroxylation is 2. The maximum atomic E-state index is 12.2. The largest absolute Gasteiger partial charge is 0.493 e. The number of rotatable bonds is 6. The van der Waals surface area contributed by atoms with Gasteiger partial charge in [-0.3, -0.25) is 9.36 Å². The molecule has 0 aliphatic rings. The van der Waals surface area contributed by atoms with Gasteiger partial charge in [-0.2, -0.15) is 4.98 Å². The SMILES string of the molecule is CCOC(=O)CCn1c(=O)nc(C)c2cc(OC)c(OC)cc21. The standard InChI is InChI=1S/C16H20N2O5/c1-5-23-15(19)6-7-18-12-9-14(22-4)13(21-3)8-11(12)10(2)17-16(18)20/h8-9H,5-7H2,1-4H3. The van der Waals surface area contributed by atoms with Gasteiger partial charge in [-0.25, -0.2) is 4.79 Å². The summed E-state index contributed by atoms with van der Waals surface area (Å²) in [6.07, 6.45) is 0.0991. The molecule has 2 aromatic rings. The summed E-state index contributed by atoms with van der Waals surface area (Å²) >= 11 is 0. The summed E-state index contributed by atoms with van der Waals surface area (Å²) < 4.78 is 16.9. The van der Waals surface area contributed by atoms with E-state index in [0.29, 0.717) is 29.3 Å². The first kappa shape index (κ1) is 16.8. The third-order valence-electron chi connectivity index (χ3n) is 3.52. The number of carbonyl (C=O) groups excluding carboxylic acids is 1. The lowest BCUT2D eigenvalue weighted by atomic mass is 10.1. The van der Waals surface area contributed by atoms with E-state index in [2.05, 4.69) is 4.98 Å². The average Bonchev–Trinajstić information content (AvgIpc) is 2.53. The Labute approximate surface area is 133 Å². The van der Waals surface area contributed by atoms with Crippen LogP contribution in [0.3, 0.4) is 0 Å². The maximum Gasteiger partial charge on any atom is 0.348 e. The van der Waals surface area contributed by atoms with Gasteiger partial charge in [0.25, 0.3) is 0 Å². The summed E-state index contributed by atoms with van der Waals surface area (Å²) in [5, 5.41) is 0.770. The molecular formula is C16H20N2O5. The lowest BCUT2D eigenvalue weighted by molar-refractivity contribution is -0.143. The highest BCUT2D eigenvalue weighted by Gasteiger charge is 2.14. The molecule has 0 bridgehead atoms. The predicted octanol–water partition coefficient (Wildman–Crippen LogP) is 1.68. The Morgan fingerprint density at radius 1 is 1.22 bits per heavy atom.